The number of aromatic nitrogens is 5. The van der Waals surface area contributed by atoms with Crippen LogP contribution < -0.4 is 5.56 Å². The van der Waals surface area contributed by atoms with E-state index in [0.29, 0.717) is 42.9 Å². The Bertz CT molecular complexity index is 1460. The average Bonchev–Trinajstić information content (AvgIpc) is 3.44. The summed E-state index contributed by atoms with van der Waals surface area (Å²) in [5.41, 5.74) is 5.59. The molecule has 4 aromatic rings. The summed E-state index contributed by atoms with van der Waals surface area (Å²) in [6.45, 7) is 4.54. The molecule has 6 rings (SSSR count). The monoisotopic (exact) mass is 462 g/mol. The number of ether oxygens (including phenoxy) is 1. The minimum absolute atomic E-state index is 0. The Kier molecular flexibility index (Phi) is 5.51. The van der Waals surface area contributed by atoms with Crippen LogP contribution in [0.15, 0.2) is 29.3 Å². The van der Waals surface area contributed by atoms with Crippen LogP contribution in [0, 0.1) is 6.92 Å². The molecule has 1 aromatic carbocycles. The van der Waals surface area contributed by atoms with E-state index < -0.39 is 0 Å². The summed E-state index contributed by atoms with van der Waals surface area (Å²) in [4.78, 5) is 35.8. The van der Waals surface area contributed by atoms with Crippen molar-refractivity contribution >= 4 is 22.5 Å². The number of aromatic amines is 1. The molecule has 0 bridgehead atoms. The molecule has 9 heteroatoms. The highest BCUT2D eigenvalue weighted by Gasteiger charge is 2.27. The summed E-state index contributed by atoms with van der Waals surface area (Å²) < 4.78 is 9.32. The number of fused-ring (bicyclic) bond motifs is 4. The van der Waals surface area contributed by atoms with E-state index >= 15 is 0 Å². The smallest absolute Gasteiger partial charge is 0.274 e. The number of benzene rings is 1. The zero-order valence-electron chi connectivity index (χ0n) is 18.8. The number of hydrogen-bond acceptors (Lipinski definition) is 5. The van der Waals surface area contributed by atoms with E-state index in [1.54, 1.807) is 6.20 Å². The number of carbonyl (C=O) groups is 1. The van der Waals surface area contributed by atoms with Gasteiger partial charge in [0, 0.05) is 38.3 Å². The number of aryl methyl sites for hydroxylation is 2. The summed E-state index contributed by atoms with van der Waals surface area (Å²) in [6.07, 6.45) is 6.09. The van der Waals surface area contributed by atoms with Crippen molar-refractivity contribution in [2.75, 3.05) is 19.8 Å². The van der Waals surface area contributed by atoms with Crippen LogP contribution in [0.3, 0.4) is 0 Å². The lowest BCUT2D eigenvalue weighted by atomic mass is 9.99. The van der Waals surface area contributed by atoms with Gasteiger partial charge >= 0.3 is 0 Å². The van der Waals surface area contributed by atoms with Gasteiger partial charge in [0.25, 0.3) is 11.5 Å². The normalized spacial score (nSPS) is 16.6. The van der Waals surface area contributed by atoms with Crippen LogP contribution in [0.25, 0.3) is 16.6 Å². The maximum absolute atomic E-state index is 13.5. The molecule has 1 N–H and O–H groups in total. The van der Waals surface area contributed by atoms with Crippen LogP contribution in [0.5, 0.6) is 0 Å². The van der Waals surface area contributed by atoms with Crippen LogP contribution in [-0.2, 0) is 24.8 Å². The highest BCUT2D eigenvalue weighted by Crippen LogP contribution is 2.29. The van der Waals surface area contributed by atoms with Gasteiger partial charge in [-0.3, -0.25) is 18.7 Å². The number of rotatable bonds is 2. The van der Waals surface area contributed by atoms with Gasteiger partial charge in [-0.1, -0.05) is 7.43 Å². The fourth-order valence-corrected chi connectivity index (χ4v) is 5.20. The summed E-state index contributed by atoms with van der Waals surface area (Å²) in [5.74, 6) is 1.11. The molecule has 0 aliphatic carbocycles. The van der Waals surface area contributed by atoms with Gasteiger partial charge < -0.3 is 14.6 Å². The second-order valence-corrected chi connectivity index (χ2v) is 9.08. The molecule has 1 saturated heterocycles. The van der Waals surface area contributed by atoms with Crippen molar-refractivity contribution in [3.63, 3.8) is 0 Å². The molecule has 1 amide bonds. The number of H-pyrrole nitrogens is 1. The number of nitrogens with one attached hydrogen (secondary N) is 1. The van der Waals surface area contributed by atoms with Crippen LogP contribution in [0.4, 0.5) is 0 Å². The molecular weight excluding hydrogens is 432 g/mol. The molecule has 0 radical (unpaired) electrons. The van der Waals surface area contributed by atoms with Crippen molar-refractivity contribution < 1.29 is 9.53 Å². The largest absolute Gasteiger partial charge is 0.381 e. The molecule has 1 fully saturated rings. The summed E-state index contributed by atoms with van der Waals surface area (Å²) >= 11 is 0. The van der Waals surface area contributed by atoms with E-state index in [1.165, 1.54) is 5.56 Å². The van der Waals surface area contributed by atoms with E-state index in [9.17, 15) is 9.59 Å². The third-order valence-corrected chi connectivity index (χ3v) is 7.10. The zero-order chi connectivity index (χ0) is 22.7. The average molecular weight is 463 g/mol. The maximum Gasteiger partial charge on any atom is 0.274 e. The Balaban J connectivity index is 0.00000241. The summed E-state index contributed by atoms with van der Waals surface area (Å²) in [5, 5.41) is 4.33. The lowest BCUT2D eigenvalue weighted by Gasteiger charge is -2.28. The van der Waals surface area contributed by atoms with Gasteiger partial charge in [0.15, 0.2) is 0 Å². The van der Waals surface area contributed by atoms with Crippen molar-refractivity contribution in [3.05, 3.63) is 63.1 Å². The third-order valence-electron chi connectivity index (χ3n) is 7.10. The van der Waals surface area contributed by atoms with Crippen molar-refractivity contribution in [2.45, 2.75) is 46.1 Å². The first-order valence-electron chi connectivity index (χ1n) is 11.4. The van der Waals surface area contributed by atoms with Gasteiger partial charge in [0.1, 0.15) is 11.3 Å². The van der Waals surface area contributed by atoms with Crippen molar-refractivity contribution in [2.24, 2.45) is 7.05 Å². The van der Waals surface area contributed by atoms with Crippen LogP contribution in [-0.4, -0.2) is 54.7 Å². The molecule has 2 aliphatic heterocycles. The molecule has 0 unspecified atom stereocenters. The van der Waals surface area contributed by atoms with Crippen LogP contribution >= 0.6 is 0 Å². The molecule has 2 aliphatic rings. The molecule has 0 atom stereocenters. The number of amides is 1. The molecular formula is C25H30N6O3. The highest BCUT2D eigenvalue weighted by molar-refractivity contribution is 5.99. The maximum atomic E-state index is 13.5. The van der Waals surface area contributed by atoms with Crippen molar-refractivity contribution in [3.8, 4) is 0 Å². The molecule has 5 heterocycles. The molecule has 0 spiro atoms. The summed E-state index contributed by atoms with van der Waals surface area (Å²) in [6, 6.07) is 3.82. The first kappa shape index (κ1) is 22.3. The van der Waals surface area contributed by atoms with E-state index in [0.717, 1.165) is 41.9 Å². The van der Waals surface area contributed by atoms with Crippen LogP contribution in [0.1, 0.15) is 59.2 Å². The minimum atomic E-state index is -0.201. The van der Waals surface area contributed by atoms with Gasteiger partial charge in [-0.05, 0) is 49.4 Å². The Morgan fingerprint density at radius 2 is 1.97 bits per heavy atom. The first-order chi connectivity index (χ1) is 16.0. The third kappa shape index (κ3) is 3.42. The minimum Gasteiger partial charge on any atom is -0.381 e. The standard InChI is InChI=1S/C24H26N6O3.CH4/c1-14-9-19-18(10-17(14)24(32)29-6-3-16-11-26-28(2)21(16)13-29)27-23(31)20-12-25-22(30(19)20)15-4-7-33-8-5-15;/h9-12,15H,3-8,13H2,1-2H3,(H,27,31);1H4. The highest BCUT2D eigenvalue weighted by atomic mass is 16.5. The Labute approximate surface area is 197 Å². The number of imidazole rings is 1. The van der Waals surface area contributed by atoms with Gasteiger partial charge in [-0.2, -0.15) is 5.10 Å². The second-order valence-electron chi connectivity index (χ2n) is 9.08. The van der Waals surface area contributed by atoms with Crippen molar-refractivity contribution in [1.82, 2.24) is 29.0 Å². The van der Waals surface area contributed by atoms with Crippen LogP contribution in [0.2, 0.25) is 0 Å². The van der Waals surface area contributed by atoms with Gasteiger partial charge in [-0.15, -0.1) is 0 Å². The van der Waals surface area contributed by atoms with Gasteiger partial charge in [0.2, 0.25) is 0 Å². The topological polar surface area (TPSA) is 97.5 Å². The Morgan fingerprint density at radius 3 is 2.76 bits per heavy atom. The van der Waals surface area contributed by atoms with Gasteiger partial charge in [0.05, 0.1) is 35.7 Å². The predicted octanol–water partition coefficient (Wildman–Crippen LogP) is 2.95. The van der Waals surface area contributed by atoms with E-state index in [4.69, 9.17) is 4.74 Å². The van der Waals surface area contributed by atoms with Crippen molar-refractivity contribution in [1.29, 1.82) is 0 Å². The molecule has 0 saturated carbocycles. The van der Waals surface area contributed by atoms with E-state index in [-0.39, 0.29) is 24.8 Å². The number of nitrogens with zero attached hydrogens (tertiary/aromatic N) is 5. The zero-order valence-corrected chi connectivity index (χ0v) is 18.8. The lowest BCUT2D eigenvalue weighted by Crippen LogP contribution is -2.36. The predicted molar refractivity (Wildman–Crippen MR) is 129 cm³/mol. The lowest BCUT2D eigenvalue weighted by molar-refractivity contribution is 0.0729. The van der Waals surface area contributed by atoms with E-state index in [1.807, 2.05) is 46.3 Å². The van der Waals surface area contributed by atoms with E-state index in [2.05, 4.69) is 15.1 Å². The number of hydrogen-bond donors (Lipinski definition) is 1. The summed E-state index contributed by atoms with van der Waals surface area (Å²) in [7, 11) is 1.91. The molecule has 34 heavy (non-hydrogen) atoms. The SMILES string of the molecule is C.Cc1cc2c(cc1C(=O)N1CCc3cnn(C)c3C1)[nH]c(=O)c1cnc(C3CCOCC3)n12. The second kappa shape index (κ2) is 8.39. The quantitative estimate of drug-likeness (QED) is 0.494. The fourth-order valence-electron chi connectivity index (χ4n) is 5.20. The molecule has 3 aromatic heterocycles. The number of carbonyl (C=O) groups excluding carboxylic acids is 1. The Hall–Kier alpha value is -3.46. The fraction of sp³-hybridized carbons (Fsp3) is 0.440. The first-order valence-corrected chi connectivity index (χ1v) is 11.4. The molecule has 9 nitrogen and oxygen atoms in total. The Morgan fingerprint density at radius 1 is 1.18 bits per heavy atom. The van der Waals surface area contributed by atoms with Gasteiger partial charge in [-0.25, -0.2) is 4.98 Å². The molecule has 178 valence electrons.